The molecule has 0 aromatic carbocycles. The van der Waals surface area contributed by atoms with Crippen LogP contribution in [0.4, 0.5) is 0 Å². The Labute approximate surface area is 160 Å². The standard InChI is InChI=1S/C18H31N5O2S/c1-3-26-13-6-17(24)23-7-4-15(5-8-23)18-20-19-16(21(18)2)14-22-9-11-25-12-10-22/h15H,3-14H2,1-2H3. The van der Waals surface area contributed by atoms with Gasteiger partial charge in [-0.1, -0.05) is 6.92 Å². The van der Waals surface area contributed by atoms with Gasteiger partial charge in [0.1, 0.15) is 11.6 Å². The third-order valence-corrected chi connectivity index (χ3v) is 6.25. The van der Waals surface area contributed by atoms with E-state index in [0.29, 0.717) is 18.2 Å². The zero-order valence-corrected chi connectivity index (χ0v) is 16.8. The quantitative estimate of drug-likeness (QED) is 0.667. The highest BCUT2D eigenvalue weighted by Gasteiger charge is 2.27. The molecule has 0 atom stereocenters. The second kappa shape index (κ2) is 9.71. The van der Waals surface area contributed by atoms with E-state index in [9.17, 15) is 4.79 Å². The molecule has 0 N–H and O–H groups in total. The van der Waals surface area contributed by atoms with Crippen LogP contribution in [0.25, 0.3) is 0 Å². The van der Waals surface area contributed by atoms with Crippen LogP contribution in [0.1, 0.15) is 43.8 Å². The number of piperidine rings is 1. The molecule has 1 aromatic rings. The van der Waals surface area contributed by atoms with Crippen LogP contribution in [-0.2, 0) is 23.1 Å². The van der Waals surface area contributed by atoms with Crippen molar-refractivity contribution in [3.63, 3.8) is 0 Å². The van der Waals surface area contributed by atoms with Crippen LogP contribution in [0.2, 0.25) is 0 Å². The Morgan fingerprint density at radius 1 is 1.19 bits per heavy atom. The van der Waals surface area contributed by atoms with Crippen molar-refractivity contribution in [3.8, 4) is 0 Å². The molecule has 0 aliphatic carbocycles. The fraction of sp³-hybridized carbons (Fsp3) is 0.833. The van der Waals surface area contributed by atoms with Crippen LogP contribution in [-0.4, -0.2) is 81.4 Å². The van der Waals surface area contributed by atoms with Gasteiger partial charge >= 0.3 is 0 Å². The molecule has 8 heteroatoms. The summed E-state index contributed by atoms with van der Waals surface area (Å²) in [4.78, 5) is 16.7. The molecule has 2 saturated heterocycles. The van der Waals surface area contributed by atoms with Crippen molar-refractivity contribution in [3.05, 3.63) is 11.6 Å². The number of morpholine rings is 1. The summed E-state index contributed by atoms with van der Waals surface area (Å²) < 4.78 is 7.57. The average molecular weight is 382 g/mol. The predicted octanol–water partition coefficient (Wildman–Crippen LogP) is 1.50. The number of hydrogen-bond acceptors (Lipinski definition) is 6. The summed E-state index contributed by atoms with van der Waals surface area (Å²) in [5, 5.41) is 8.92. The van der Waals surface area contributed by atoms with Gasteiger partial charge in [0.15, 0.2) is 0 Å². The molecule has 2 fully saturated rings. The first-order chi connectivity index (χ1) is 12.7. The summed E-state index contributed by atoms with van der Waals surface area (Å²) in [6, 6.07) is 0. The van der Waals surface area contributed by atoms with Crippen molar-refractivity contribution in [1.82, 2.24) is 24.6 Å². The lowest BCUT2D eigenvalue weighted by atomic mass is 9.95. The number of thioether (sulfide) groups is 1. The van der Waals surface area contributed by atoms with E-state index in [0.717, 1.165) is 81.9 Å². The van der Waals surface area contributed by atoms with Crippen LogP contribution in [0.3, 0.4) is 0 Å². The fourth-order valence-corrected chi connectivity index (χ4v) is 4.28. The van der Waals surface area contributed by atoms with Gasteiger partial charge in [-0.25, -0.2) is 0 Å². The molecule has 3 heterocycles. The van der Waals surface area contributed by atoms with Gasteiger partial charge < -0.3 is 14.2 Å². The summed E-state index contributed by atoms with van der Waals surface area (Å²) in [5.41, 5.74) is 0. The van der Waals surface area contributed by atoms with Crippen molar-refractivity contribution in [2.45, 2.75) is 38.6 Å². The van der Waals surface area contributed by atoms with Crippen LogP contribution in [0, 0.1) is 0 Å². The first kappa shape index (κ1) is 19.6. The van der Waals surface area contributed by atoms with E-state index in [1.165, 1.54) is 0 Å². The second-order valence-corrected chi connectivity index (χ2v) is 8.42. The molecular weight excluding hydrogens is 350 g/mol. The second-order valence-electron chi connectivity index (χ2n) is 7.02. The minimum absolute atomic E-state index is 0.301. The Balaban J connectivity index is 1.50. The van der Waals surface area contributed by atoms with Crippen LogP contribution >= 0.6 is 11.8 Å². The zero-order valence-electron chi connectivity index (χ0n) is 16.0. The van der Waals surface area contributed by atoms with Gasteiger partial charge in [-0.15, -0.1) is 10.2 Å². The van der Waals surface area contributed by atoms with Crippen LogP contribution in [0.15, 0.2) is 0 Å². The van der Waals surface area contributed by atoms with Crippen molar-refractivity contribution < 1.29 is 9.53 Å². The Morgan fingerprint density at radius 2 is 1.92 bits per heavy atom. The number of carbonyl (C=O) groups excluding carboxylic acids is 1. The van der Waals surface area contributed by atoms with E-state index >= 15 is 0 Å². The van der Waals surface area contributed by atoms with Gasteiger partial charge in [-0.2, -0.15) is 11.8 Å². The molecule has 2 aliphatic heterocycles. The maximum atomic E-state index is 12.3. The summed E-state index contributed by atoms with van der Waals surface area (Å²) in [7, 11) is 2.07. The molecule has 0 saturated carbocycles. The van der Waals surface area contributed by atoms with E-state index in [4.69, 9.17) is 4.74 Å². The average Bonchev–Trinajstić information content (AvgIpc) is 3.03. The number of carbonyl (C=O) groups is 1. The van der Waals surface area contributed by atoms with Crippen LogP contribution < -0.4 is 0 Å². The molecule has 3 rings (SSSR count). The van der Waals surface area contributed by atoms with Gasteiger partial charge in [0.25, 0.3) is 0 Å². The number of likely N-dealkylation sites (tertiary alicyclic amines) is 1. The van der Waals surface area contributed by atoms with E-state index in [1.807, 2.05) is 16.7 Å². The fourth-order valence-electron chi connectivity index (χ4n) is 3.68. The van der Waals surface area contributed by atoms with Gasteiger partial charge in [-0.3, -0.25) is 9.69 Å². The van der Waals surface area contributed by atoms with Crippen molar-refractivity contribution in [2.75, 3.05) is 50.9 Å². The minimum atomic E-state index is 0.301. The van der Waals surface area contributed by atoms with Gasteiger partial charge in [0, 0.05) is 51.3 Å². The molecule has 146 valence electrons. The number of amides is 1. The van der Waals surface area contributed by atoms with Gasteiger partial charge in [0.05, 0.1) is 19.8 Å². The smallest absolute Gasteiger partial charge is 0.223 e. The maximum absolute atomic E-state index is 12.3. The van der Waals surface area contributed by atoms with Gasteiger partial charge in [-0.05, 0) is 18.6 Å². The lowest BCUT2D eigenvalue weighted by Gasteiger charge is -2.31. The Bertz CT molecular complexity index is 580. The maximum Gasteiger partial charge on any atom is 0.223 e. The SMILES string of the molecule is CCSCCC(=O)N1CCC(c2nnc(CN3CCOCC3)n2C)CC1. The topological polar surface area (TPSA) is 63.5 Å². The molecule has 1 amide bonds. The van der Waals surface area contributed by atoms with E-state index in [-0.39, 0.29) is 0 Å². The van der Waals surface area contributed by atoms with Crippen molar-refractivity contribution >= 4 is 17.7 Å². The molecule has 0 spiro atoms. The molecular formula is C18H31N5O2S. The number of rotatable bonds is 7. The molecule has 0 bridgehead atoms. The Kier molecular flexibility index (Phi) is 7.33. The third-order valence-electron chi connectivity index (χ3n) is 5.34. The summed E-state index contributed by atoms with van der Waals surface area (Å²) in [6.07, 6.45) is 2.63. The predicted molar refractivity (Wildman–Crippen MR) is 103 cm³/mol. The minimum Gasteiger partial charge on any atom is -0.379 e. The molecule has 0 unspecified atom stereocenters. The zero-order chi connectivity index (χ0) is 18.4. The number of nitrogens with zero attached hydrogens (tertiary/aromatic N) is 5. The third kappa shape index (κ3) is 4.98. The summed E-state index contributed by atoms with van der Waals surface area (Å²) in [6.45, 7) is 8.16. The highest BCUT2D eigenvalue weighted by molar-refractivity contribution is 7.99. The van der Waals surface area contributed by atoms with E-state index in [2.05, 4.69) is 33.6 Å². The number of hydrogen-bond donors (Lipinski definition) is 0. The van der Waals surface area contributed by atoms with E-state index in [1.54, 1.807) is 0 Å². The summed E-state index contributed by atoms with van der Waals surface area (Å²) in [5.74, 6) is 4.81. The Hall–Kier alpha value is -1.12. The molecule has 7 nitrogen and oxygen atoms in total. The van der Waals surface area contributed by atoms with Crippen molar-refractivity contribution in [2.24, 2.45) is 7.05 Å². The number of ether oxygens (including phenoxy) is 1. The number of aromatic nitrogens is 3. The van der Waals surface area contributed by atoms with Crippen LogP contribution in [0.5, 0.6) is 0 Å². The summed E-state index contributed by atoms with van der Waals surface area (Å²) >= 11 is 1.84. The normalized spacial score (nSPS) is 19.8. The van der Waals surface area contributed by atoms with E-state index < -0.39 is 0 Å². The highest BCUT2D eigenvalue weighted by atomic mass is 32.2. The molecule has 26 heavy (non-hydrogen) atoms. The highest BCUT2D eigenvalue weighted by Crippen LogP contribution is 2.27. The molecule has 1 aromatic heterocycles. The lowest BCUT2D eigenvalue weighted by molar-refractivity contribution is -0.131. The Morgan fingerprint density at radius 3 is 2.62 bits per heavy atom. The first-order valence-corrected chi connectivity index (χ1v) is 10.9. The monoisotopic (exact) mass is 381 g/mol. The van der Waals surface area contributed by atoms with Crippen molar-refractivity contribution in [1.29, 1.82) is 0 Å². The molecule has 2 aliphatic rings. The molecule has 0 radical (unpaired) electrons. The largest absolute Gasteiger partial charge is 0.379 e. The lowest BCUT2D eigenvalue weighted by Crippen LogP contribution is -2.38. The van der Waals surface area contributed by atoms with Gasteiger partial charge in [0.2, 0.25) is 5.91 Å². The first-order valence-electron chi connectivity index (χ1n) is 9.72.